The van der Waals surface area contributed by atoms with Gasteiger partial charge in [0, 0.05) is 18.2 Å². The number of rotatable bonds is 12. The van der Waals surface area contributed by atoms with E-state index in [1.165, 1.54) is 10.8 Å². The molecule has 0 spiro atoms. The molecular weight excluding hydrogens is 658 g/mol. The first-order valence-electron chi connectivity index (χ1n) is 15.4. The summed E-state index contributed by atoms with van der Waals surface area (Å²) >= 11 is 5.11. The molecular formula is C35H40FN2O8PS. The fraction of sp³-hybridized carbons (Fsp3) is 0.371. The van der Waals surface area contributed by atoms with Gasteiger partial charge >= 0.3 is 12.5 Å². The van der Waals surface area contributed by atoms with E-state index in [1.54, 1.807) is 41.9 Å². The van der Waals surface area contributed by atoms with E-state index in [1.807, 2.05) is 78.9 Å². The zero-order chi connectivity index (χ0) is 34.7. The average Bonchev–Trinajstić information content (AvgIpc) is 3.46. The van der Waals surface area contributed by atoms with Gasteiger partial charge in [0.05, 0.1) is 32.5 Å². The fourth-order valence-electron chi connectivity index (χ4n) is 5.72. The fourth-order valence-corrected chi connectivity index (χ4v) is 7.60. The zero-order valence-electron chi connectivity index (χ0n) is 27.7. The van der Waals surface area contributed by atoms with Crippen molar-refractivity contribution in [2.45, 2.75) is 63.8 Å². The number of benzene rings is 3. The summed E-state index contributed by atoms with van der Waals surface area (Å²) in [5.41, 5.74) is -0.618. The molecule has 0 radical (unpaired) electrons. The van der Waals surface area contributed by atoms with Crippen molar-refractivity contribution in [3.8, 4) is 11.5 Å². The van der Waals surface area contributed by atoms with Crippen LogP contribution in [0.15, 0.2) is 94.6 Å². The van der Waals surface area contributed by atoms with Gasteiger partial charge in [-0.3, -0.25) is 18.9 Å². The minimum Gasteiger partial charge on any atom is -0.497 e. The number of hydrogen-bond donors (Lipinski definition) is 1. The van der Waals surface area contributed by atoms with E-state index in [9.17, 15) is 9.59 Å². The number of nitrogens with zero attached hydrogens (tertiary/aromatic N) is 1. The number of hydrogen-bond acceptors (Lipinski definition) is 9. The minimum atomic E-state index is -4.20. The summed E-state index contributed by atoms with van der Waals surface area (Å²) in [4.78, 5) is 27.5. The summed E-state index contributed by atoms with van der Waals surface area (Å²) in [6.45, 7) is 2.14. The lowest BCUT2D eigenvalue weighted by Crippen LogP contribution is -2.41. The van der Waals surface area contributed by atoms with Crippen LogP contribution in [0.3, 0.4) is 0 Å². The van der Waals surface area contributed by atoms with Crippen LogP contribution in [0.4, 0.5) is 4.20 Å². The van der Waals surface area contributed by atoms with E-state index in [2.05, 4.69) is 4.98 Å². The van der Waals surface area contributed by atoms with Gasteiger partial charge in [0.25, 0.3) is 5.56 Å². The number of aryl methyl sites for hydroxylation is 1. The Kier molecular flexibility index (Phi) is 10.7. The van der Waals surface area contributed by atoms with Gasteiger partial charge in [0.1, 0.15) is 29.4 Å². The SMILES string of the molecule is COc1ccc(C(O[C@H]2C[C@H](n3cc(C)c(=O)[nH]c3=O)O[C@@H]2COP(F)(=S)OC(C)(C)C)(c2ccccc2)c2ccc(OC)cc2)cc1. The molecule has 1 aliphatic rings. The molecule has 1 N–H and O–H groups in total. The van der Waals surface area contributed by atoms with Crippen molar-refractivity contribution in [1.82, 2.24) is 9.55 Å². The Labute approximate surface area is 284 Å². The summed E-state index contributed by atoms with van der Waals surface area (Å²) in [7, 11) is 3.19. The molecule has 5 rings (SSSR count). The molecule has 4 atom stereocenters. The van der Waals surface area contributed by atoms with Crippen LogP contribution < -0.4 is 20.7 Å². The third-order valence-corrected chi connectivity index (χ3v) is 9.68. The molecule has 10 nitrogen and oxygen atoms in total. The van der Waals surface area contributed by atoms with Crippen molar-refractivity contribution in [3.63, 3.8) is 0 Å². The van der Waals surface area contributed by atoms with Gasteiger partial charge in [-0.05, 0) is 80.5 Å². The van der Waals surface area contributed by atoms with Crippen molar-refractivity contribution >= 4 is 18.6 Å². The second-order valence-corrected chi connectivity index (χ2v) is 15.0. The van der Waals surface area contributed by atoms with Crippen molar-refractivity contribution in [2.75, 3.05) is 20.8 Å². The van der Waals surface area contributed by atoms with Gasteiger partial charge in [0.2, 0.25) is 0 Å². The highest BCUT2D eigenvalue weighted by Gasteiger charge is 2.47. The Balaban J connectivity index is 1.65. The Morgan fingerprint density at radius 3 is 1.98 bits per heavy atom. The van der Waals surface area contributed by atoms with Crippen LogP contribution in [0.25, 0.3) is 0 Å². The highest BCUT2D eigenvalue weighted by molar-refractivity contribution is 8.07. The Hall–Kier alpha value is -3.64. The maximum absolute atomic E-state index is 15.5. The lowest BCUT2D eigenvalue weighted by molar-refractivity contribution is -0.0979. The molecule has 4 aromatic rings. The number of H-pyrrole nitrogens is 1. The van der Waals surface area contributed by atoms with E-state index < -0.39 is 47.7 Å². The quantitative estimate of drug-likeness (QED) is 0.130. The number of methoxy groups -OCH3 is 2. The van der Waals surface area contributed by atoms with E-state index in [4.69, 9.17) is 39.8 Å². The van der Waals surface area contributed by atoms with Crippen LogP contribution >= 0.6 is 6.80 Å². The average molecular weight is 699 g/mol. The number of aromatic nitrogens is 2. The highest BCUT2D eigenvalue weighted by atomic mass is 32.5. The Morgan fingerprint density at radius 2 is 1.46 bits per heavy atom. The first-order chi connectivity index (χ1) is 22.7. The second-order valence-electron chi connectivity index (χ2n) is 12.4. The molecule has 1 aromatic heterocycles. The second kappa shape index (κ2) is 14.5. The molecule has 0 saturated carbocycles. The summed E-state index contributed by atoms with van der Waals surface area (Å²) in [6.07, 6.45) is -0.993. The summed E-state index contributed by atoms with van der Waals surface area (Å²) < 4.78 is 52.4. The van der Waals surface area contributed by atoms with Gasteiger partial charge in [-0.2, -0.15) is 4.20 Å². The molecule has 0 aliphatic carbocycles. The third-order valence-electron chi connectivity index (χ3n) is 7.91. The molecule has 256 valence electrons. The largest absolute Gasteiger partial charge is 0.497 e. The van der Waals surface area contributed by atoms with E-state index in [0.29, 0.717) is 17.1 Å². The molecule has 2 heterocycles. The van der Waals surface area contributed by atoms with Gasteiger partial charge < -0.3 is 23.5 Å². The smallest absolute Gasteiger partial charge is 0.366 e. The van der Waals surface area contributed by atoms with Gasteiger partial charge in [0.15, 0.2) is 0 Å². The highest BCUT2D eigenvalue weighted by Crippen LogP contribution is 2.54. The summed E-state index contributed by atoms with van der Waals surface area (Å²) in [6, 6.07) is 24.7. The molecule has 1 fully saturated rings. The zero-order valence-corrected chi connectivity index (χ0v) is 29.4. The monoisotopic (exact) mass is 698 g/mol. The number of ether oxygens (including phenoxy) is 4. The predicted octanol–water partition coefficient (Wildman–Crippen LogP) is 6.55. The molecule has 1 aliphatic heterocycles. The number of halogens is 1. The van der Waals surface area contributed by atoms with Crippen LogP contribution in [0.1, 0.15) is 55.7 Å². The molecule has 48 heavy (non-hydrogen) atoms. The molecule has 0 bridgehead atoms. The maximum Gasteiger partial charge on any atom is 0.366 e. The van der Waals surface area contributed by atoms with Gasteiger partial charge in [-0.1, -0.05) is 54.6 Å². The number of aromatic amines is 1. The van der Waals surface area contributed by atoms with Crippen LogP contribution in [-0.2, 0) is 35.9 Å². The standard InChI is InChI=1S/C35H40FN2O8PS/c1-23-21-38(33(40)37-32(23)39)31-20-29(30(44-31)22-43-47(36,48)46-34(2,3)4)45-35(24-10-8-7-9-11-24,25-12-16-27(41-5)17-13-25)26-14-18-28(42-6)19-15-26/h7-19,21,29-31H,20,22H2,1-6H3,(H,37,39,40)/t29-,30+,31+,47?/m0/s1. The molecule has 1 unspecified atom stereocenters. The van der Waals surface area contributed by atoms with Crippen molar-refractivity contribution < 1.29 is 32.2 Å². The van der Waals surface area contributed by atoms with E-state index in [0.717, 1.165) is 16.7 Å². The van der Waals surface area contributed by atoms with Crippen LogP contribution in [0, 0.1) is 6.92 Å². The Morgan fingerprint density at radius 1 is 0.917 bits per heavy atom. The van der Waals surface area contributed by atoms with Crippen molar-refractivity contribution in [3.05, 3.63) is 128 Å². The first-order valence-corrected chi connectivity index (χ1v) is 17.9. The van der Waals surface area contributed by atoms with E-state index in [-0.39, 0.29) is 13.0 Å². The molecule has 1 saturated heterocycles. The van der Waals surface area contributed by atoms with Gasteiger partial charge in [-0.25, -0.2) is 4.79 Å². The Bertz CT molecular complexity index is 1810. The first kappa shape index (κ1) is 35.7. The molecule has 3 aromatic carbocycles. The topological polar surface area (TPSA) is 110 Å². The lowest BCUT2D eigenvalue weighted by atomic mass is 9.79. The van der Waals surface area contributed by atoms with Gasteiger partial charge in [-0.15, -0.1) is 0 Å². The van der Waals surface area contributed by atoms with Crippen LogP contribution in [0.5, 0.6) is 11.5 Å². The third kappa shape index (κ3) is 7.97. The van der Waals surface area contributed by atoms with Crippen LogP contribution in [-0.4, -0.2) is 48.2 Å². The van der Waals surface area contributed by atoms with Crippen LogP contribution in [0.2, 0.25) is 0 Å². The summed E-state index contributed by atoms with van der Waals surface area (Å²) in [5, 5.41) is 0. The minimum absolute atomic E-state index is 0.148. The molecule has 0 amide bonds. The normalized spacial score (nSPS) is 19.5. The predicted molar refractivity (Wildman–Crippen MR) is 184 cm³/mol. The maximum atomic E-state index is 15.5. The lowest BCUT2D eigenvalue weighted by Gasteiger charge is -2.39. The van der Waals surface area contributed by atoms with E-state index >= 15 is 4.20 Å². The molecule has 13 heteroatoms. The van der Waals surface area contributed by atoms with Crippen molar-refractivity contribution in [1.29, 1.82) is 0 Å². The van der Waals surface area contributed by atoms with Crippen molar-refractivity contribution in [2.24, 2.45) is 0 Å². The number of nitrogens with one attached hydrogen (secondary N) is 1. The summed E-state index contributed by atoms with van der Waals surface area (Å²) in [5.74, 6) is 1.32.